The fourth-order valence-electron chi connectivity index (χ4n) is 3.04. The van der Waals surface area contributed by atoms with Crippen molar-refractivity contribution in [3.8, 4) is 11.5 Å². The predicted octanol–water partition coefficient (Wildman–Crippen LogP) is 4.08. The van der Waals surface area contributed by atoms with Crippen molar-refractivity contribution in [2.75, 3.05) is 26.3 Å². The average Bonchev–Trinajstić information content (AvgIpc) is 2.97. The molecule has 164 valence electrons. The van der Waals surface area contributed by atoms with Gasteiger partial charge in [0.2, 0.25) is 0 Å². The molecule has 0 saturated carbocycles. The van der Waals surface area contributed by atoms with Crippen LogP contribution in [0.2, 0.25) is 5.02 Å². The molecule has 0 radical (unpaired) electrons. The zero-order valence-corrected chi connectivity index (χ0v) is 20.4. The van der Waals surface area contributed by atoms with Crippen LogP contribution in [0.4, 0.5) is 0 Å². The van der Waals surface area contributed by atoms with Crippen LogP contribution in [-0.4, -0.2) is 37.4 Å². The van der Waals surface area contributed by atoms with Gasteiger partial charge in [-0.25, -0.2) is 4.99 Å². The van der Waals surface area contributed by atoms with Crippen LogP contribution < -0.4 is 20.1 Å². The molecule has 0 aliphatic carbocycles. The lowest BCUT2D eigenvalue weighted by Gasteiger charge is -2.25. The van der Waals surface area contributed by atoms with Gasteiger partial charge in [0.05, 0.1) is 31.3 Å². The number of aliphatic imine (C=N–C) groups is 1. The van der Waals surface area contributed by atoms with Crippen molar-refractivity contribution in [3.05, 3.63) is 58.6 Å². The van der Waals surface area contributed by atoms with Crippen molar-refractivity contribution < 1.29 is 14.6 Å². The molecule has 0 bridgehead atoms. The first-order valence-electron chi connectivity index (χ1n) is 9.87. The van der Waals surface area contributed by atoms with Crippen LogP contribution in [0.15, 0.2) is 47.5 Å². The van der Waals surface area contributed by atoms with E-state index in [4.69, 9.17) is 21.1 Å². The maximum atomic E-state index is 10.8. The first-order chi connectivity index (χ1) is 14.0. The summed E-state index contributed by atoms with van der Waals surface area (Å²) in [6.07, 6.45) is 0.828. The monoisotopic (exact) mass is 545 g/mol. The SMILES string of the molecule is CCNC(=NCc1cc(Cl)c2c(c1)OCCCO2)NCC(C)(O)c1ccccc1.I. The Morgan fingerprint density at radius 3 is 2.63 bits per heavy atom. The molecule has 1 atom stereocenters. The number of guanidine groups is 1. The van der Waals surface area contributed by atoms with Gasteiger partial charge in [-0.2, -0.15) is 0 Å². The molecular formula is C22H29ClIN3O3. The Kier molecular flexibility index (Phi) is 9.51. The Labute approximate surface area is 200 Å². The Morgan fingerprint density at radius 1 is 1.17 bits per heavy atom. The molecule has 1 aliphatic heterocycles. The van der Waals surface area contributed by atoms with Gasteiger partial charge in [0.25, 0.3) is 0 Å². The summed E-state index contributed by atoms with van der Waals surface area (Å²) in [6.45, 7) is 6.43. The van der Waals surface area contributed by atoms with E-state index in [1.54, 1.807) is 6.92 Å². The van der Waals surface area contributed by atoms with E-state index < -0.39 is 5.60 Å². The van der Waals surface area contributed by atoms with Gasteiger partial charge in [-0.3, -0.25) is 0 Å². The smallest absolute Gasteiger partial charge is 0.191 e. The molecule has 0 aromatic heterocycles. The van der Waals surface area contributed by atoms with Crippen molar-refractivity contribution in [1.82, 2.24) is 10.6 Å². The largest absolute Gasteiger partial charge is 0.489 e. The molecule has 1 unspecified atom stereocenters. The molecule has 0 fully saturated rings. The fourth-order valence-corrected chi connectivity index (χ4v) is 3.33. The van der Waals surface area contributed by atoms with Crippen molar-refractivity contribution >= 4 is 41.5 Å². The number of nitrogens with one attached hydrogen (secondary N) is 2. The highest BCUT2D eigenvalue weighted by Crippen LogP contribution is 2.38. The predicted molar refractivity (Wildman–Crippen MR) is 131 cm³/mol. The number of hydrogen-bond donors (Lipinski definition) is 3. The first kappa shape index (κ1) is 24.6. The summed E-state index contributed by atoms with van der Waals surface area (Å²) in [5, 5.41) is 17.7. The maximum Gasteiger partial charge on any atom is 0.191 e. The number of rotatable bonds is 6. The van der Waals surface area contributed by atoms with Crippen LogP contribution in [0, 0.1) is 0 Å². The summed E-state index contributed by atoms with van der Waals surface area (Å²) in [5.41, 5.74) is 0.750. The third-order valence-electron chi connectivity index (χ3n) is 4.62. The molecule has 6 nitrogen and oxygen atoms in total. The highest BCUT2D eigenvalue weighted by Gasteiger charge is 2.23. The second-order valence-electron chi connectivity index (χ2n) is 7.14. The van der Waals surface area contributed by atoms with Gasteiger partial charge >= 0.3 is 0 Å². The van der Waals surface area contributed by atoms with E-state index in [1.165, 1.54) is 0 Å². The number of ether oxygens (including phenoxy) is 2. The lowest BCUT2D eigenvalue weighted by Crippen LogP contribution is -2.44. The number of halogens is 2. The Balaban J connectivity index is 0.00000320. The van der Waals surface area contributed by atoms with E-state index >= 15 is 0 Å². The summed E-state index contributed by atoms with van der Waals surface area (Å²) in [6, 6.07) is 13.3. The Bertz CT molecular complexity index is 847. The zero-order chi connectivity index (χ0) is 20.7. The molecule has 0 amide bonds. The molecule has 2 aromatic rings. The second-order valence-corrected chi connectivity index (χ2v) is 7.55. The highest BCUT2D eigenvalue weighted by atomic mass is 127. The third-order valence-corrected chi connectivity index (χ3v) is 4.90. The minimum atomic E-state index is -1.02. The molecule has 2 aromatic carbocycles. The summed E-state index contributed by atoms with van der Waals surface area (Å²) in [4.78, 5) is 4.62. The van der Waals surface area contributed by atoms with E-state index in [-0.39, 0.29) is 24.0 Å². The molecule has 3 rings (SSSR count). The first-order valence-corrected chi connectivity index (χ1v) is 10.3. The summed E-state index contributed by atoms with van der Waals surface area (Å²) in [7, 11) is 0. The summed E-state index contributed by atoms with van der Waals surface area (Å²) < 4.78 is 11.4. The van der Waals surface area contributed by atoms with Crippen LogP contribution in [0.25, 0.3) is 0 Å². The zero-order valence-electron chi connectivity index (χ0n) is 17.3. The average molecular weight is 546 g/mol. The fraction of sp³-hybridized carbons (Fsp3) is 0.409. The van der Waals surface area contributed by atoms with Crippen LogP contribution >= 0.6 is 35.6 Å². The number of hydrogen-bond acceptors (Lipinski definition) is 4. The van der Waals surface area contributed by atoms with Gasteiger partial charge in [-0.1, -0.05) is 41.9 Å². The standard InChI is InChI=1S/C22H28ClN3O3.HI/c1-3-24-21(26-15-22(2,27)17-8-5-4-6-9-17)25-14-16-12-18(23)20-19(13-16)28-10-7-11-29-20;/h4-6,8-9,12-13,27H,3,7,10-11,14-15H2,1-2H3,(H2,24,25,26);1H. The van der Waals surface area contributed by atoms with Gasteiger partial charge in [0.15, 0.2) is 17.5 Å². The lowest BCUT2D eigenvalue weighted by atomic mass is 9.96. The maximum absolute atomic E-state index is 10.8. The quantitative estimate of drug-likeness (QED) is 0.290. The van der Waals surface area contributed by atoms with Gasteiger partial charge in [-0.05, 0) is 37.1 Å². The summed E-state index contributed by atoms with van der Waals surface area (Å²) >= 11 is 6.37. The number of fused-ring (bicyclic) bond motifs is 1. The van der Waals surface area contributed by atoms with E-state index in [0.717, 1.165) is 17.5 Å². The summed E-state index contributed by atoms with van der Waals surface area (Å²) in [5.74, 6) is 1.87. The van der Waals surface area contributed by atoms with E-state index in [2.05, 4.69) is 15.6 Å². The topological polar surface area (TPSA) is 75.1 Å². The Morgan fingerprint density at radius 2 is 1.90 bits per heavy atom. The van der Waals surface area contributed by atoms with Crippen LogP contribution in [0.3, 0.4) is 0 Å². The van der Waals surface area contributed by atoms with Crippen LogP contribution in [-0.2, 0) is 12.1 Å². The molecule has 0 saturated heterocycles. The van der Waals surface area contributed by atoms with Crippen molar-refractivity contribution in [2.45, 2.75) is 32.4 Å². The number of benzene rings is 2. The minimum Gasteiger partial charge on any atom is -0.489 e. The molecule has 3 N–H and O–H groups in total. The molecule has 1 heterocycles. The van der Waals surface area contributed by atoms with Gasteiger partial charge < -0.3 is 25.2 Å². The van der Waals surface area contributed by atoms with Crippen molar-refractivity contribution in [1.29, 1.82) is 0 Å². The van der Waals surface area contributed by atoms with E-state index in [0.29, 0.717) is 55.3 Å². The number of aliphatic hydroxyl groups is 1. The van der Waals surface area contributed by atoms with Crippen LogP contribution in [0.1, 0.15) is 31.4 Å². The van der Waals surface area contributed by atoms with Gasteiger partial charge in [-0.15, -0.1) is 24.0 Å². The van der Waals surface area contributed by atoms with Crippen molar-refractivity contribution in [2.24, 2.45) is 4.99 Å². The second kappa shape index (κ2) is 11.6. The minimum absolute atomic E-state index is 0. The molecule has 30 heavy (non-hydrogen) atoms. The Hall–Kier alpha value is -1.71. The molecule has 0 spiro atoms. The molecular weight excluding hydrogens is 517 g/mol. The number of nitrogens with zero attached hydrogens (tertiary/aromatic N) is 1. The third kappa shape index (κ3) is 6.65. The molecule has 1 aliphatic rings. The van der Waals surface area contributed by atoms with Gasteiger partial charge in [0, 0.05) is 13.0 Å². The normalized spacial score (nSPS) is 15.4. The highest BCUT2D eigenvalue weighted by molar-refractivity contribution is 14.0. The lowest BCUT2D eigenvalue weighted by molar-refractivity contribution is 0.0617. The van der Waals surface area contributed by atoms with E-state index in [9.17, 15) is 5.11 Å². The van der Waals surface area contributed by atoms with Gasteiger partial charge in [0.1, 0.15) is 5.60 Å². The molecule has 8 heteroatoms. The van der Waals surface area contributed by atoms with E-state index in [1.807, 2.05) is 49.4 Å². The van der Waals surface area contributed by atoms with Crippen LogP contribution in [0.5, 0.6) is 11.5 Å². The van der Waals surface area contributed by atoms with Crippen molar-refractivity contribution in [3.63, 3.8) is 0 Å².